The highest BCUT2D eigenvalue weighted by molar-refractivity contribution is 8.12. The third-order valence-corrected chi connectivity index (χ3v) is 10.8. The van der Waals surface area contributed by atoms with Crippen molar-refractivity contribution in [2.75, 3.05) is 26.2 Å². The molecule has 0 unspecified atom stereocenters. The van der Waals surface area contributed by atoms with Crippen molar-refractivity contribution >= 4 is 18.1 Å². The summed E-state index contributed by atoms with van der Waals surface area (Å²) in [5.74, 6) is 0. The van der Waals surface area contributed by atoms with Gasteiger partial charge in [-0.25, -0.2) is 0 Å². The summed E-state index contributed by atoms with van der Waals surface area (Å²) in [5, 5.41) is 0. The third-order valence-electron chi connectivity index (χ3n) is 4.32. The second-order valence-corrected chi connectivity index (χ2v) is 9.81. The minimum Gasteiger partial charge on any atom is -0.264 e. The van der Waals surface area contributed by atoms with Crippen LogP contribution in [0.3, 0.4) is 0 Å². The predicted molar refractivity (Wildman–Crippen MR) is 87.0 cm³/mol. The molecule has 0 amide bonds. The highest BCUT2D eigenvalue weighted by Crippen LogP contribution is 2.61. The minimum atomic E-state index is -1.52. The first-order chi connectivity index (χ1) is 8.64. The molecule has 0 atom stereocenters. The monoisotopic (exact) mass is 290 g/mol. The van der Waals surface area contributed by atoms with E-state index in [-0.39, 0.29) is 0 Å². The Morgan fingerprint density at radius 3 is 1.56 bits per heavy atom. The van der Waals surface area contributed by atoms with Gasteiger partial charge in [-0.3, -0.25) is 9.34 Å². The molecule has 2 nitrogen and oxygen atoms in total. The SMILES string of the molecule is CCN(CC)P(=S)(C1CCCCC1)N(CC)CC. The molecule has 1 fully saturated rings. The quantitative estimate of drug-likeness (QED) is 0.645. The second-order valence-electron chi connectivity index (χ2n) is 5.16. The molecule has 0 saturated heterocycles. The maximum atomic E-state index is 6.32. The molecule has 18 heavy (non-hydrogen) atoms. The Labute approximate surface area is 119 Å². The summed E-state index contributed by atoms with van der Waals surface area (Å²) >= 11 is 6.32. The van der Waals surface area contributed by atoms with Gasteiger partial charge in [-0.1, -0.05) is 58.8 Å². The Morgan fingerprint density at radius 1 is 0.833 bits per heavy atom. The lowest BCUT2D eigenvalue weighted by atomic mass is 10.0. The summed E-state index contributed by atoms with van der Waals surface area (Å²) in [6.07, 6.45) is 5.42. The van der Waals surface area contributed by atoms with Crippen molar-refractivity contribution in [2.45, 2.75) is 65.5 Å². The van der Waals surface area contributed by atoms with Crippen molar-refractivity contribution in [3.63, 3.8) is 0 Å². The van der Waals surface area contributed by atoms with Gasteiger partial charge >= 0.3 is 0 Å². The summed E-state index contributed by atoms with van der Waals surface area (Å²) < 4.78 is 5.23. The smallest absolute Gasteiger partial charge is 0.0805 e. The number of nitrogens with zero attached hydrogens (tertiary/aromatic N) is 2. The summed E-state index contributed by atoms with van der Waals surface area (Å²) in [5.41, 5.74) is 0.779. The lowest BCUT2D eigenvalue weighted by Crippen LogP contribution is -2.37. The average molecular weight is 290 g/mol. The molecule has 0 aliphatic heterocycles. The summed E-state index contributed by atoms with van der Waals surface area (Å²) in [6.45, 7) is 13.5. The number of rotatable bonds is 7. The standard InChI is InChI=1S/C14H31N2PS/c1-5-15(6-2)17(18,16(7-3)8-4)14-12-10-9-11-13-14/h14H,5-13H2,1-4H3. The molecule has 1 aliphatic rings. The molecular formula is C14H31N2PS. The van der Waals surface area contributed by atoms with Gasteiger partial charge in [-0.05, 0) is 12.8 Å². The van der Waals surface area contributed by atoms with Crippen LogP contribution in [-0.2, 0) is 11.8 Å². The van der Waals surface area contributed by atoms with E-state index in [1.165, 1.54) is 32.1 Å². The highest BCUT2D eigenvalue weighted by Gasteiger charge is 2.37. The molecule has 0 bridgehead atoms. The van der Waals surface area contributed by atoms with Crippen LogP contribution < -0.4 is 0 Å². The lowest BCUT2D eigenvalue weighted by Gasteiger charge is -2.47. The van der Waals surface area contributed by atoms with E-state index in [0.29, 0.717) is 0 Å². The van der Waals surface area contributed by atoms with Gasteiger partial charge in [-0.2, -0.15) is 0 Å². The molecular weight excluding hydrogens is 259 g/mol. The van der Waals surface area contributed by atoms with E-state index in [4.69, 9.17) is 11.8 Å². The zero-order valence-electron chi connectivity index (χ0n) is 12.7. The van der Waals surface area contributed by atoms with Gasteiger partial charge < -0.3 is 0 Å². The van der Waals surface area contributed by atoms with Crippen molar-refractivity contribution in [3.05, 3.63) is 0 Å². The fourth-order valence-corrected chi connectivity index (χ4v) is 9.27. The maximum Gasteiger partial charge on any atom is 0.0805 e. The topological polar surface area (TPSA) is 6.48 Å². The lowest BCUT2D eigenvalue weighted by molar-refractivity contribution is 0.391. The molecule has 0 radical (unpaired) electrons. The first kappa shape index (κ1) is 16.6. The normalized spacial score (nSPS) is 18.8. The molecule has 4 heteroatoms. The Balaban J connectivity index is 3.01. The molecule has 1 aliphatic carbocycles. The Hall–Kier alpha value is 0.570. The van der Waals surface area contributed by atoms with Crippen molar-refractivity contribution in [3.8, 4) is 0 Å². The van der Waals surface area contributed by atoms with Crippen LogP contribution in [0.2, 0.25) is 0 Å². The van der Waals surface area contributed by atoms with Gasteiger partial charge in [-0.15, -0.1) is 0 Å². The van der Waals surface area contributed by atoms with Crippen LogP contribution in [0.5, 0.6) is 0 Å². The van der Waals surface area contributed by atoms with Crippen LogP contribution in [0.25, 0.3) is 0 Å². The molecule has 1 saturated carbocycles. The van der Waals surface area contributed by atoms with E-state index < -0.39 is 6.34 Å². The predicted octanol–water partition coefficient (Wildman–Crippen LogP) is 4.31. The van der Waals surface area contributed by atoms with Crippen LogP contribution in [0.4, 0.5) is 0 Å². The first-order valence-electron chi connectivity index (χ1n) is 7.75. The Kier molecular flexibility index (Phi) is 7.38. The van der Waals surface area contributed by atoms with E-state index in [2.05, 4.69) is 37.0 Å². The van der Waals surface area contributed by atoms with Crippen LogP contribution >= 0.6 is 6.34 Å². The fraction of sp³-hybridized carbons (Fsp3) is 1.00. The van der Waals surface area contributed by atoms with Gasteiger partial charge in [0.1, 0.15) is 0 Å². The molecule has 108 valence electrons. The third kappa shape index (κ3) is 3.36. The van der Waals surface area contributed by atoms with Crippen molar-refractivity contribution in [1.29, 1.82) is 0 Å². The molecule has 0 heterocycles. The van der Waals surface area contributed by atoms with Gasteiger partial charge in [0.2, 0.25) is 0 Å². The number of hydrogen-bond donors (Lipinski definition) is 0. The number of hydrogen-bond acceptors (Lipinski definition) is 1. The summed E-state index contributed by atoms with van der Waals surface area (Å²) in [4.78, 5) is 0. The van der Waals surface area contributed by atoms with E-state index in [9.17, 15) is 0 Å². The van der Waals surface area contributed by atoms with Crippen LogP contribution in [0.1, 0.15) is 59.8 Å². The fourth-order valence-electron chi connectivity index (χ4n) is 3.32. The van der Waals surface area contributed by atoms with Crippen LogP contribution in [0, 0.1) is 0 Å². The molecule has 0 aromatic carbocycles. The van der Waals surface area contributed by atoms with E-state index in [1.54, 1.807) is 0 Å². The minimum absolute atomic E-state index is 0.779. The van der Waals surface area contributed by atoms with Crippen molar-refractivity contribution in [2.24, 2.45) is 0 Å². The largest absolute Gasteiger partial charge is 0.264 e. The van der Waals surface area contributed by atoms with E-state index in [0.717, 1.165) is 31.8 Å². The molecule has 1 rings (SSSR count). The van der Waals surface area contributed by atoms with Crippen LogP contribution in [-0.4, -0.2) is 41.2 Å². The van der Waals surface area contributed by atoms with Crippen molar-refractivity contribution < 1.29 is 0 Å². The Morgan fingerprint density at radius 2 is 1.22 bits per heavy atom. The molecule has 0 aromatic heterocycles. The van der Waals surface area contributed by atoms with Gasteiger partial charge in [0.25, 0.3) is 0 Å². The first-order valence-corrected chi connectivity index (χ1v) is 10.5. The summed E-state index contributed by atoms with van der Waals surface area (Å²) in [6, 6.07) is 0. The summed E-state index contributed by atoms with van der Waals surface area (Å²) in [7, 11) is 0. The Bertz CT molecular complexity index is 253. The second kappa shape index (κ2) is 7.99. The zero-order valence-corrected chi connectivity index (χ0v) is 14.4. The van der Waals surface area contributed by atoms with Gasteiger partial charge in [0.05, 0.1) is 6.34 Å². The molecule has 0 N–H and O–H groups in total. The highest BCUT2D eigenvalue weighted by atomic mass is 32.4. The van der Waals surface area contributed by atoms with Gasteiger partial charge in [0.15, 0.2) is 0 Å². The molecule has 0 aromatic rings. The van der Waals surface area contributed by atoms with E-state index >= 15 is 0 Å². The van der Waals surface area contributed by atoms with E-state index in [1.807, 2.05) is 0 Å². The van der Waals surface area contributed by atoms with Gasteiger partial charge in [0, 0.05) is 31.8 Å². The average Bonchev–Trinajstić information content (AvgIpc) is 2.42. The molecule has 0 spiro atoms. The maximum absolute atomic E-state index is 6.32. The van der Waals surface area contributed by atoms with Crippen LogP contribution in [0.15, 0.2) is 0 Å². The zero-order chi connectivity index (χ0) is 13.6. The van der Waals surface area contributed by atoms with Crippen molar-refractivity contribution in [1.82, 2.24) is 9.34 Å².